The van der Waals surface area contributed by atoms with Crippen molar-refractivity contribution < 1.29 is 26.7 Å². The molecule has 2 N–H and O–H groups in total. The van der Waals surface area contributed by atoms with Crippen molar-refractivity contribution in [1.29, 1.82) is 0 Å². The third-order valence-electron chi connectivity index (χ3n) is 5.03. The van der Waals surface area contributed by atoms with E-state index in [0.717, 1.165) is 10.2 Å². The van der Waals surface area contributed by atoms with E-state index >= 15 is 0 Å². The van der Waals surface area contributed by atoms with E-state index in [9.17, 15) is 17.2 Å². The van der Waals surface area contributed by atoms with Gasteiger partial charge in [-0.15, -0.1) is 0 Å². The molecule has 0 spiro atoms. The fourth-order valence-electron chi connectivity index (χ4n) is 3.25. The Morgan fingerprint density at radius 1 is 1.18 bits per heavy atom. The molecule has 0 amide bonds. The predicted molar refractivity (Wildman–Crippen MR) is 124 cm³/mol. The molecule has 184 valence electrons. The molecule has 1 fully saturated rings. The lowest BCUT2D eigenvalue weighted by Gasteiger charge is -2.25. The number of nitrogens with one attached hydrogen (secondary N) is 2. The van der Waals surface area contributed by atoms with Crippen LogP contribution in [0.25, 0.3) is 10.2 Å². The second-order valence-corrected chi connectivity index (χ2v) is 10.6. The zero-order chi connectivity index (χ0) is 24.1. The molecule has 1 saturated heterocycles. The molecule has 0 saturated carbocycles. The Morgan fingerprint density at radius 3 is 2.59 bits per heavy atom. The highest BCUT2D eigenvalue weighted by Gasteiger charge is 2.26. The van der Waals surface area contributed by atoms with E-state index in [2.05, 4.69) is 30.3 Å². The van der Waals surface area contributed by atoms with Crippen LogP contribution in [-0.2, 0) is 14.8 Å². The van der Waals surface area contributed by atoms with Crippen molar-refractivity contribution in [2.45, 2.75) is 18.4 Å². The van der Waals surface area contributed by atoms with Gasteiger partial charge in [0, 0.05) is 26.2 Å². The van der Waals surface area contributed by atoms with Crippen molar-refractivity contribution in [3.63, 3.8) is 0 Å². The molecule has 0 radical (unpaired) electrons. The molecule has 3 heterocycles. The molecule has 3 aromatic rings. The Hall–Kier alpha value is -2.68. The third kappa shape index (κ3) is 6.05. The van der Waals surface area contributed by atoms with E-state index in [-0.39, 0.29) is 16.6 Å². The number of nitrogens with zero attached hydrogens (tertiary/aromatic N) is 4. The van der Waals surface area contributed by atoms with Gasteiger partial charge in [-0.2, -0.15) is 13.1 Å². The monoisotopic (exact) mass is 514 g/mol. The number of hydrogen-bond donors (Lipinski definition) is 2. The lowest BCUT2D eigenvalue weighted by atomic mass is 10.2. The van der Waals surface area contributed by atoms with Crippen molar-refractivity contribution >= 4 is 42.7 Å². The first kappa shape index (κ1) is 24.4. The SMILES string of the molecule is CC(CNc1ncc(OC(F)F)cn1)CNc1nc2ccc(S(=O)(=O)N3CCOCC3)cc2s1. The molecule has 14 heteroatoms. The number of hydrogen-bond acceptors (Lipinski definition) is 10. The van der Waals surface area contributed by atoms with Gasteiger partial charge in [-0.1, -0.05) is 18.3 Å². The van der Waals surface area contributed by atoms with Gasteiger partial charge in [-0.25, -0.2) is 23.4 Å². The Bertz CT molecular complexity index is 1200. The standard InChI is InChI=1S/C20H24F2N6O4S2/c1-13(9-23-19-24-11-14(12-25-19)32-18(21)22)10-26-20-27-16-3-2-15(8-17(16)33-20)34(29,30)28-4-6-31-7-5-28/h2-3,8,11-13,18H,4-7,9-10H2,1H3,(H,26,27)(H,23,24,25). The molecule has 34 heavy (non-hydrogen) atoms. The molecule has 1 aliphatic rings. The van der Waals surface area contributed by atoms with E-state index in [1.54, 1.807) is 18.2 Å². The minimum absolute atomic E-state index is 0.105. The minimum atomic E-state index is -3.57. The fraction of sp³-hybridized carbons (Fsp3) is 0.450. The normalized spacial score (nSPS) is 16.0. The molecule has 2 aromatic heterocycles. The van der Waals surface area contributed by atoms with Gasteiger partial charge in [0.25, 0.3) is 0 Å². The van der Waals surface area contributed by atoms with Crippen molar-refractivity contribution in [3.8, 4) is 5.75 Å². The number of thiazole rings is 1. The maximum Gasteiger partial charge on any atom is 0.387 e. The Morgan fingerprint density at radius 2 is 1.88 bits per heavy atom. The van der Waals surface area contributed by atoms with Crippen molar-refractivity contribution in [2.75, 3.05) is 50.0 Å². The van der Waals surface area contributed by atoms with Crippen molar-refractivity contribution in [1.82, 2.24) is 19.3 Å². The summed E-state index contributed by atoms with van der Waals surface area (Å²) >= 11 is 1.39. The zero-order valence-electron chi connectivity index (χ0n) is 18.3. The quantitative estimate of drug-likeness (QED) is 0.421. The van der Waals surface area contributed by atoms with Crippen LogP contribution in [0.15, 0.2) is 35.5 Å². The van der Waals surface area contributed by atoms with Gasteiger partial charge in [0.15, 0.2) is 10.9 Å². The summed E-state index contributed by atoms with van der Waals surface area (Å²) in [6.45, 7) is 1.71. The smallest absolute Gasteiger partial charge is 0.387 e. The number of aromatic nitrogens is 3. The first-order chi connectivity index (χ1) is 16.3. The van der Waals surface area contributed by atoms with E-state index in [0.29, 0.717) is 50.5 Å². The molecule has 1 atom stereocenters. The molecular weight excluding hydrogens is 490 g/mol. The molecule has 10 nitrogen and oxygen atoms in total. The maximum atomic E-state index is 12.9. The van der Waals surface area contributed by atoms with Gasteiger partial charge in [-0.3, -0.25) is 0 Å². The first-order valence-corrected chi connectivity index (χ1v) is 12.8. The summed E-state index contributed by atoms with van der Waals surface area (Å²) in [6, 6.07) is 4.96. The highest BCUT2D eigenvalue weighted by molar-refractivity contribution is 7.89. The van der Waals surface area contributed by atoms with Crippen LogP contribution in [0.5, 0.6) is 5.75 Å². The molecule has 1 aromatic carbocycles. The van der Waals surface area contributed by atoms with E-state index in [1.165, 1.54) is 28.0 Å². The van der Waals surface area contributed by atoms with E-state index in [4.69, 9.17) is 4.74 Å². The second-order valence-electron chi connectivity index (χ2n) is 7.65. The average Bonchev–Trinajstić information content (AvgIpc) is 3.25. The summed E-state index contributed by atoms with van der Waals surface area (Å²) in [5.41, 5.74) is 0.721. The molecule has 1 unspecified atom stereocenters. The van der Waals surface area contributed by atoms with E-state index in [1.807, 2.05) is 6.92 Å². The van der Waals surface area contributed by atoms with Crippen molar-refractivity contribution in [3.05, 3.63) is 30.6 Å². The maximum absolute atomic E-state index is 12.9. The average molecular weight is 515 g/mol. The molecule has 0 bridgehead atoms. The molecule has 4 rings (SSSR count). The largest absolute Gasteiger partial charge is 0.432 e. The molecule has 0 aliphatic carbocycles. The summed E-state index contributed by atoms with van der Waals surface area (Å²) in [5.74, 6) is 0.360. The second kappa shape index (κ2) is 10.7. The summed E-state index contributed by atoms with van der Waals surface area (Å²) in [5, 5.41) is 7.00. The topological polar surface area (TPSA) is 119 Å². The predicted octanol–water partition coefficient (Wildman–Crippen LogP) is 2.87. The van der Waals surface area contributed by atoms with Gasteiger partial charge < -0.3 is 20.1 Å². The Kier molecular flexibility index (Phi) is 7.70. The molecular formula is C20H24F2N6O4S2. The van der Waals surface area contributed by atoms with Crippen LogP contribution in [0.4, 0.5) is 19.9 Å². The lowest BCUT2D eigenvalue weighted by molar-refractivity contribution is -0.0503. The number of anilines is 2. The number of morpholine rings is 1. The van der Waals surface area contributed by atoms with Gasteiger partial charge in [0.05, 0.1) is 40.7 Å². The van der Waals surface area contributed by atoms with Crippen LogP contribution >= 0.6 is 11.3 Å². The fourth-order valence-corrected chi connectivity index (χ4v) is 5.67. The number of ether oxygens (including phenoxy) is 2. The van der Waals surface area contributed by atoms with Crippen LogP contribution in [0.3, 0.4) is 0 Å². The summed E-state index contributed by atoms with van der Waals surface area (Å²) in [7, 11) is -3.57. The lowest BCUT2D eigenvalue weighted by Crippen LogP contribution is -2.40. The highest BCUT2D eigenvalue weighted by Crippen LogP contribution is 2.29. The number of benzene rings is 1. The summed E-state index contributed by atoms with van der Waals surface area (Å²) in [4.78, 5) is 12.7. The van der Waals surface area contributed by atoms with Crippen LogP contribution in [0.1, 0.15) is 6.92 Å². The molecule has 1 aliphatic heterocycles. The van der Waals surface area contributed by atoms with Gasteiger partial charge in [-0.05, 0) is 24.1 Å². The van der Waals surface area contributed by atoms with Crippen LogP contribution < -0.4 is 15.4 Å². The van der Waals surface area contributed by atoms with Gasteiger partial charge in [0.1, 0.15) is 0 Å². The number of halogens is 2. The first-order valence-electron chi connectivity index (χ1n) is 10.5. The summed E-state index contributed by atoms with van der Waals surface area (Å²) < 4.78 is 61.8. The van der Waals surface area contributed by atoms with Crippen LogP contribution in [0.2, 0.25) is 0 Å². The van der Waals surface area contributed by atoms with Crippen LogP contribution in [-0.4, -0.2) is 73.7 Å². The number of fused-ring (bicyclic) bond motifs is 1. The zero-order valence-corrected chi connectivity index (χ0v) is 19.9. The van der Waals surface area contributed by atoms with E-state index < -0.39 is 16.6 Å². The van der Waals surface area contributed by atoms with Crippen LogP contribution in [0, 0.1) is 5.92 Å². The number of rotatable bonds is 10. The summed E-state index contributed by atoms with van der Waals surface area (Å²) in [6.07, 6.45) is 2.36. The van der Waals surface area contributed by atoms with Gasteiger partial charge in [0.2, 0.25) is 16.0 Å². The Labute approximate surface area is 199 Å². The van der Waals surface area contributed by atoms with Crippen molar-refractivity contribution in [2.24, 2.45) is 5.92 Å². The minimum Gasteiger partial charge on any atom is -0.432 e. The Balaban J connectivity index is 1.31. The third-order valence-corrected chi connectivity index (χ3v) is 7.90. The highest BCUT2D eigenvalue weighted by atomic mass is 32.2. The number of sulfonamides is 1. The number of alkyl halides is 2. The van der Waals surface area contributed by atoms with Gasteiger partial charge >= 0.3 is 6.61 Å².